The minimum atomic E-state index is -3.79. The predicted octanol–water partition coefficient (Wildman–Crippen LogP) is 16.6. The smallest absolute Gasteiger partial charge is 0.206 e. The molecule has 0 radical (unpaired) electrons. The highest BCUT2D eigenvalue weighted by molar-refractivity contribution is 9.09. The van der Waals surface area contributed by atoms with Gasteiger partial charge in [-0.2, -0.15) is 0 Å². The average molecular weight is 1140 g/mol. The van der Waals surface area contributed by atoms with Crippen LogP contribution in [0.3, 0.4) is 0 Å². The Morgan fingerprint density at radius 2 is 0.610 bits per heavy atom. The molecule has 8 rings (SSSR count). The second kappa shape index (κ2) is 28.5. The lowest BCUT2D eigenvalue weighted by molar-refractivity contribution is 0.116. The minimum absolute atomic E-state index is 0.0133. The SMILES string of the molecule is O=S(=O)(c1ccc(O)cc1)c1ccc(OCCCCCCCOCc2ccc(-c3ccc(Oc4ccc(S(=O)(=O)c5ccc(Oc6ccc(-c7ccc(OCCCCCCCCBr)cc7)cc6)cc5)cc4)cc3)cc2)cc1. The number of hydrogen-bond donors (Lipinski definition) is 1. The van der Waals surface area contributed by atoms with Gasteiger partial charge in [-0.05, 0) is 187 Å². The molecule has 0 saturated carbocycles. The van der Waals surface area contributed by atoms with E-state index in [0.717, 1.165) is 84.0 Å². The van der Waals surface area contributed by atoms with Gasteiger partial charge in [-0.1, -0.05) is 122 Å². The van der Waals surface area contributed by atoms with E-state index in [2.05, 4.69) is 52.3 Å². The van der Waals surface area contributed by atoms with Crippen molar-refractivity contribution in [3.63, 3.8) is 0 Å². The van der Waals surface area contributed by atoms with Crippen LogP contribution in [0.15, 0.2) is 214 Å². The van der Waals surface area contributed by atoms with E-state index in [1.165, 1.54) is 68.5 Å². The third-order valence-electron chi connectivity index (χ3n) is 13.0. The molecule has 1 N–H and O–H groups in total. The number of phenolic OH excluding ortho intramolecular Hbond substituents is 1. The van der Waals surface area contributed by atoms with Gasteiger partial charge in [0.15, 0.2) is 0 Å². The second-order valence-corrected chi connectivity index (χ2v) is 23.4. The van der Waals surface area contributed by atoms with Crippen molar-refractivity contribution < 1.29 is 45.6 Å². The Balaban J connectivity index is 0.698. The van der Waals surface area contributed by atoms with E-state index < -0.39 is 19.7 Å². The number of phenols is 1. The molecule has 0 amide bonds. The summed E-state index contributed by atoms with van der Waals surface area (Å²) >= 11 is 3.49. The summed E-state index contributed by atoms with van der Waals surface area (Å²) in [6, 6.07) is 56.8. The molecular weight excluding hydrogens is 1070 g/mol. The van der Waals surface area contributed by atoms with Crippen LogP contribution in [0, 0.1) is 0 Å². The van der Waals surface area contributed by atoms with Crippen molar-refractivity contribution in [2.24, 2.45) is 0 Å². The number of aromatic hydroxyl groups is 1. The van der Waals surface area contributed by atoms with E-state index >= 15 is 0 Å². The number of rotatable bonds is 30. The summed E-state index contributed by atoms with van der Waals surface area (Å²) in [4.78, 5) is 0.623. The molecule has 0 aliphatic heterocycles. The zero-order valence-corrected chi connectivity index (χ0v) is 46.3. The summed E-state index contributed by atoms with van der Waals surface area (Å²) in [5, 5.41) is 10.6. The van der Waals surface area contributed by atoms with Crippen molar-refractivity contribution in [1.29, 1.82) is 0 Å². The lowest BCUT2D eigenvalue weighted by atomic mass is 10.0. The summed E-state index contributed by atoms with van der Waals surface area (Å²) in [6.45, 7) is 2.51. The van der Waals surface area contributed by atoms with E-state index in [-0.39, 0.29) is 25.3 Å². The van der Waals surface area contributed by atoms with Gasteiger partial charge < -0.3 is 28.8 Å². The molecule has 0 spiro atoms. The summed E-state index contributed by atoms with van der Waals surface area (Å²) in [5.41, 5.74) is 5.34. The third kappa shape index (κ3) is 16.8. The topological polar surface area (TPSA) is 135 Å². The fourth-order valence-corrected chi connectivity index (χ4v) is 11.5. The van der Waals surface area contributed by atoms with Gasteiger partial charge in [0.2, 0.25) is 19.7 Å². The van der Waals surface area contributed by atoms with Gasteiger partial charge in [-0.25, -0.2) is 16.8 Å². The molecule has 0 aliphatic carbocycles. The van der Waals surface area contributed by atoms with E-state index in [1.807, 2.05) is 60.7 Å². The van der Waals surface area contributed by atoms with Crippen molar-refractivity contribution in [3.8, 4) is 62.5 Å². The van der Waals surface area contributed by atoms with Gasteiger partial charge in [-0.15, -0.1) is 0 Å². The molecule has 0 aliphatic rings. The molecule has 0 aromatic heterocycles. The van der Waals surface area contributed by atoms with Crippen LogP contribution in [-0.4, -0.2) is 47.1 Å². The fourth-order valence-electron chi connectivity index (χ4n) is 8.54. The molecule has 13 heteroatoms. The normalized spacial score (nSPS) is 11.5. The van der Waals surface area contributed by atoms with Crippen LogP contribution >= 0.6 is 15.9 Å². The number of halogens is 1. The fraction of sp³-hybridized carbons (Fsp3) is 0.250. The van der Waals surface area contributed by atoms with E-state index in [1.54, 1.807) is 60.7 Å². The first-order valence-corrected chi connectivity index (χ1v) is 30.4. The highest BCUT2D eigenvalue weighted by Crippen LogP contribution is 2.32. The van der Waals surface area contributed by atoms with Gasteiger partial charge in [0, 0.05) is 11.9 Å². The molecule has 0 fully saturated rings. The van der Waals surface area contributed by atoms with Crippen molar-refractivity contribution in [3.05, 3.63) is 200 Å². The van der Waals surface area contributed by atoms with Crippen LogP contribution in [0.25, 0.3) is 22.3 Å². The maximum Gasteiger partial charge on any atom is 0.206 e. The Bertz CT molecular complexity index is 3260. The number of benzene rings is 8. The molecule has 0 atom stereocenters. The monoisotopic (exact) mass is 1140 g/mol. The molecule has 400 valence electrons. The molecular formula is C64H65BrO10S2. The molecule has 8 aromatic carbocycles. The summed E-state index contributed by atoms with van der Waals surface area (Å²) < 4.78 is 82.7. The molecule has 0 saturated heterocycles. The Kier molecular flexibility index (Phi) is 20.8. The van der Waals surface area contributed by atoms with Crippen molar-refractivity contribution in [1.82, 2.24) is 0 Å². The average Bonchev–Trinajstić information content (AvgIpc) is 3.46. The highest BCUT2D eigenvalue weighted by Gasteiger charge is 2.19. The van der Waals surface area contributed by atoms with Crippen LogP contribution < -0.4 is 18.9 Å². The largest absolute Gasteiger partial charge is 0.508 e. The highest BCUT2D eigenvalue weighted by atomic mass is 79.9. The Hall–Kier alpha value is -6.90. The van der Waals surface area contributed by atoms with Crippen LogP contribution in [0.1, 0.15) is 76.2 Å². The molecule has 10 nitrogen and oxygen atoms in total. The lowest BCUT2D eigenvalue weighted by Crippen LogP contribution is -2.02. The first-order valence-electron chi connectivity index (χ1n) is 26.3. The summed E-state index contributed by atoms with van der Waals surface area (Å²) in [6.07, 6.45) is 12.4. The number of unbranched alkanes of at least 4 members (excludes halogenated alkanes) is 9. The molecule has 0 unspecified atom stereocenters. The van der Waals surface area contributed by atoms with Crippen LogP contribution in [0.2, 0.25) is 0 Å². The molecule has 0 heterocycles. The number of ether oxygens (including phenoxy) is 5. The summed E-state index contributed by atoms with van der Waals surface area (Å²) in [7, 11) is -7.45. The van der Waals surface area contributed by atoms with Crippen molar-refractivity contribution in [2.45, 2.75) is 96.8 Å². The van der Waals surface area contributed by atoms with Crippen LogP contribution in [0.5, 0.6) is 40.2 Å². The van der Waals surface area contributed by atoms with Gasteiger partial charge in [0.1, 0.15) is 40.2 Å². The Labute approximate surface area is 462 Å². The van der Waals surface area contributed by atoms with E-state index in [0.29, 0.717) is 48.6 Å². The number of alkyl halides is 1. The number of hydrogen-bond acceptors (Lipinski definition) is 10. The standard InChI is InChI=1S/C64H65BrO10S2/c65-44-8-4-1-2-6-10-46-72-55-24-16-51(17-25-55)53-20-28-58(29-21-53)75-60-34-42-64(43-35-60)77(69,70)63-40-32-59(33-41-63)74-57-26-18-52(19-27-57)50-14-12-49(13-15-50)48-71-45-9-5-3-7-11-47-73-56-30-38-62(39-31-56)76(67,68)61-36-22-54(66)23-37-61/h12-43,66H,1-11,44-48H2. The zero-order valence-electron chi connectivity index (χ0n) is 43.1. The van der Waals surface area contributed by atoms with Gasteiger partial charge >= 0.3 is 0 Å². The minimum Gasteiger partial charge on any atom is -0.508 e. The lowest BCUT2D eigenvalue weighted by Gasteiger charge is -2.10. The first-order chi connectivity index (χ1) is 37.5. The maximum atomic E-state index is 13.6. The van der Waals surface area contributed by atoms with Gasteiger partial charge in [0.05, 0.1) is 39.4 Å². The molecule has 8 aromatic rings. The van der Waals surface area contributed by atoms with Gasteiger partial charge in [-0.3, -0.25) is 0 Å². The van der Waals surface area contributed by atoms with Crippen molar-refractivity contribution in [2.75, 3.05) is 25.2 Å². The molecule has 77 heavy (non-hydrogen) atoms. The van der Waals surface area contributed by atoms with Gasteiger partial charge in [0.25, 0.3) is 0 Å². The van der Waals surface area contributed by atoms with Crippen LogP contribution in [0.4, 0.5) is 0 Å². The first kappa shape index (κ1) is 56.3. The quantitative estimate of drug-likeness (QED) is 0.0342. The maximum absolute atomic E-state index is 13.6. The third-order valence-corrected chi connectivity index (χ3v) is 17.1. The summed E-state index contributed by atoms with van der Waals surface area (Å²) in [5.74, 6) is 3.83. The van der Waals surface area contributed by atoms with Crippen LogP contribution in [-0.2, 0) is 31.0 Å². The van der Waals surface area contributed by atoms with Crippen molar-refractivity contribution >= 4 is 35.6 Å². The Morgan fingerprint density at radius 1 is 0.325 bits per heavy atom. The molecule has 0 bridgehead atoms. The predicted molar refractivity (Wildman–Crippen MR) is 307 cm³/mol. The van der Waals surface area contributed by atoms with E-state index in [9.17, 15) is 21.9 Å². The second-order valence-electron chi connectivity index (χ2n) is 18.7. The number of sulfone groups is 2. The van der Waals surface area contributed by atoms with E-state index in [4.69, 9.17) is 23.7 Å². The zero-order chi connectivity index (χ0) is 53.7. The Morgan fingerprint density at radius 3 is 0.987 bits per heavy atom.